The molecule has 1 aromatic rings. The predicted octanol–water partition coefficient (Wildman–Crippen LogP) is 2.72. The number of nitrogens with two attached hydrogens (primary N) is 1. The number of rotatable bonds is 2. The molecule has 3 nitrogen and oxygen atoms in total. The summed E-state index contributed by atoms with van der Waals surface area (Å²) in [5.41, 5.74) is 6.82. The molecule has 1 aliphatic heterocycles. The number of piperidine rings is 1. The van der Waals surface area contributed by atoms with E-state index in [4.69, 9.17) is 17.3 Å². The molecular formula is C14H18Cl2N2O. The summed E-state index contributed by atoms with van der Waals surface area (Å²) in [6, 6.07) is 7.50. The average molecular weight is 301 g/mol. The maximum absolute atomic E-state index is 11.9. The normalized spacial score (nSPS) is 19.3. The zero-order chi connectivity index (χ0) is 13.0. The summed E-state index contributed by atoms with van der Waals surface area (Å²) in [5.74, 6) is 0.0279. The van der Waals surface area contributed by atoms with Gasteiger partial charge in [0.25, 0.3) is 0 Å². The summed E-state index contributed by atoms with van der Waals surface area (Å²) in [5, 5.41) is 0.695. The molecular weight excluding hydrogens is 283 g/mol. The van der Waals surface area contributed by atoms with Crippen molar-refractivity contribution in [3.8, 4) is 0 Å². The van der Waals surface area contributed by atoms with Gasteiger partial charge in [-0.3, -0.25) is 4.79 Å². The summed E-state index contributed by atoms with van der Waals surface area (Å²) in [6.07, 6.45) is 5.40. The first kappa shape index (κ1) is 16.0. The van der Waals surface area contributed by atoms with Crippen LogP contribution in [0.15, 0.2) is 30.3 Å². The molecule has 1 unspecified atom stereocenters. The number of benzene rings is 1. The van der Waals surface area contributed by atoms with E-state index in [-0.39, 0.29) is 24.4 Å². The second-order valence-corrected chi connectivity index (χ2v) is 5.01. The van der Waals surface area contributed by atoms with Gasteiger partial charge in [0.2, 0.25) is 5.91 Å². The van der Waals surface area contributed by atoms with Crippen LogP contribution < -0.4 is 5.73 Å². The minimum absolute atomic E-state index is 0. The van der Waals surface area contributed by atoms with Crippen LogP contribution in [0.3, 0.4) is 0 Å². The highest BCUT2D eigenvalue weighted by atomic mass is 35.5. The molecule has 1 fully saturated rings. The lowest BCUT2D eigenvalue weighted by molar-refractivity contribution is -0.127. The van der Waals surface area contributed by atoms with Crippen molar-refractivity contribution < 1.29 is 4.79 Å². The smallest absolute Gasteiger partial charge is 0.246 e. The fourth-order valence-corrected chi connectivity index (χ4v) is 2.18. The third kappa shape index (κ3) is 4.86. The Morgan fingerprint density at radius 3 is 2.68 bits per heavy atom. The number of hydrogen-bond acceptors (Lipinski definition) is 2. The Morgan fingerprint density at radius 1 is 1.37 bits per heavy atom. The molecule has 104 valence electrons. The Bertz CT molecular complexity index is 445. The molecule has 1 saturated heterocycles. The van der Waals surface area contributed by atoms with Crippen LogP contribution in [0, 0.1) is 0 Å². The van der Waals surface area contributed by atoms with Crippen molar-refractivity contribution in [2.45, 2.75) is 18.9 Å². The van der Waals surface area contributed by atoms with Gasteiger partial charge in [-0.05, 0) is 36.6 Å². The summed E-state index contributed by atoms with van der Waals surface area (Å²) < 4.78 is 0. The Hall–Kier alpha value is -1.03. The minimum Gasteiger partial charge on any atom is -0.338 e. The summed E-state index contributed by atoms with van der Waals surface area (Å²) in [7, 11) is 0. The molecule has 2 rings (SSSR count). The highest BCUT2D eigenvalue weighted by Gasteiger charge is 2.19. The van der Waals surface area contributed by atoms with E-state index in [0.29, 0.717) is 11.6 Å². The molecule has 1 atom stereocenters. The van der Waals surface area contributed by atoms with Crippen LogP contribution in [0.1, 0.15) is 18.4 Å². The Labute approximate surface area is 124 Å². The molecule has 1 aromatic carbocycles. The molecule has 0 radical (unpaired) electrons. The number of likely N-dealkylation sites (tertiary alicyclic amines) is 1. The largest absolute Gasteiger partial charge is 0.338 e. The average Bonchev–Trinajstić information content (AvgIpc) is 2.38. The fourth-order valence-electron chi connectivity index (χ4n) is 2.06. The monoisotopic (exact) mass is 300 g/mol. The van der Waals surface area contributed by atoms with Gasteiger partial charge in [-0.1, -0.05) is 23.7 Å². The maximum Gasteiger partial charge on any atom is 0.246 e. The van der Waals surface area contributed by atoms with E-state index >= 15 is 0 Å². The van der Waals surface area contributed by atoms with Crippen molar-refractivity contribution in [3.63, 3.8) is 0 Å². The Morgan fingerprint density at radius 2 is 2.05 bits per heavy atom. The van der Waals surface area contributed by atoms with Crippen molar-refractivity contribution in [2.75, 3.05) is 13.1 Å². The van der Waals surface area contributed by atoms with Gasteiger partial charge in [0.1, 0.15) is 0 Å². The zero-order valence-electron chi connectivity index (χ0n) is 10.6. The number of halogens is 2. The van der Waals surface area contributed by atoms with Crippen LogP contribution in [0.5, 0.6) is 0 Å². The van der Waals surface area contributed by atoms with Gasteiger partial charge >= 0.3 is 0 Å². The quantitative estimate of drug-likeness (QED) is 0.854. The molecule has 5 heteroatoms. The Kier molecular flexibility index (Phi) is 6.35. The van der Waals surface area contributed by atoms with Gasteiger partial charge in [-0.25, -0.2) is 0 Å². The van der Waals surface area contributed by atoms with Crippen LogP contribution in [0.4, 0.5) is 0 Å². The van der Waals surface area contributed by atoms with Gasteiger partial charge < -0.3 is 10.6 Å². The van der Waals surface area contributed by atoms with Crippen LogP contribution in [0.25, 0.3) is 6.08 Å². The van der Waals surface area contributed by atoms with Gasteiger partial charge in [0.05, 0.1) is 0 Å². The zero-order valence-corrected chi connectivity index (χ0v) is 12.2. The van der Waals surface area contributed by atoms with Gasteiger partial charge in [-0.15, -0.1) is 12.4 Å². The third-order valence-electron chi connectivity index (χ3n) is 3.06. The van der Waals surface area contributed by atoms with Crippen LogP contribution in [-0.4, -0.2) is 29.9 Å². The highest BCUT2D eigenvalue weighted by Crippen LogP contribution is 2.12. The molecule has 0 aliphatic carbocycles. The first-order valence-corrected chi connectivity index (χ1v) is 6.51. The third-order valence-corrected chi connectivity index (χ3v) is 3.31. The number of carbonyl (C=O) groups excluding carboxylic acids is 1. The molecule has 19 heavy (non-hydrogen) atoms. The second kappa shape index (κ2) is 7.53. The van der Waals surface area contributed by atoms with E-state index in [1.54, 1.807) is 17.1 Å². The lowest BCUT2D eigenvalue weighted by Crippen LogP contribution is -2.45. The number of nitrogens with zero attached hydrogens (tertiary/aromatic N) is 1. The molecule has 0 aromatic heterocycles. The number of carbonyl (C=O) groups is 1. The van der Waals surface area contributed by atoms with E-state index in [9.17, 15) is 4.79 Å². The topological polar surface area (TPSA) is 46.3 Å². The van der Waals surface area contributed by atoms with E-state index in [1.807, 2.05) is 24.3 Å². The van der Waals surface area contributed by atoms with Crippen LogP contribution in [0.2, 0.25) is 5.02 Å². The highest BCUT2D eigenvalue weighted by molar-refractivity contribution is 6.30. The fraction of sp³-hybridized carbons (Fsp3) is 0.357. The molecule has 1 aliphatic rings. The lowest BCUT2D eigenvalue weighted by atomic mass is 10.1. The first-order valence-electron chi connectivity index (χ1n) is 6.13. The first-order chi connectivity index (χ1) is 8.65. The van der Waals surface area contributed by atoms with Crippen LogP contribution in [-0.2, 0) is 4.79 Å². The lowest BCUT2D eigenvalue weighted by Gasteiger charge is -2.29. The molecule has 2 N–H and O–H groups in total. The van der Waals surface area contributed by atoms with Crippen molar-refractivity contribution >= 4 is 36.0 Å². The second-order valence-electron chi connectivity index (χ2n) is 4.57. The molecule has 0 saturated carbocycles. The van der Waals surface area contributed by atoms with E-state index in [0.717, 1.165) is 24.9 Å². The number of hydrogen-bond donors (Lipinski definition) is 1. The van der Waals surface area contributed by atoms with Gasteiger partial charge in [-0.2, -0.15) is 0 Å². The molecule has 1 heterocycles. The summed E-state index contributed by atoms with van der Waals surface area (Å²) in [4.78, 5) is 13.7. The van der Waals surface area contributed by atoms with Gasteiger partial charge in [0.15, 0.2) is 0 Å². The molecule has 1 amide bonds. The predicted molar refractivity (Wildman–Crippen MR) is 81.5 cm³/mol. The molecule has 0 bridgehead atoms. The van der Waals surface area contributed by atoms with Gasteiger partial charge in [0, 0.05) is 30.2 Å². The summed E-state index contributed by atoms with van der Waals surface area (Å²) >= 11 is 5.80. The standard InChI is InChI=1S/C14H17ClN2O.ClH/c15-12-6-3-11(4-7-12)5-8-14(18)17-9-1-2-13(16)10-17;/h3-8,13H,1-2,9-10,16H2;1H. The van der Waals surface area contributed by atoms with Crippen molar-refractivity contribution in [1.29, 1.82) is 0 Å². The maximum atomic E-state index is 11.9. The van der Waals surface area contributed by atoms with E-state index < -0.39 is 0 Å². The summed E-state index contributed by atoms with van der Waals surface area (Å²) in [6.45, 7) is 1.46. The van der Waals surface area contributed by atoms with E-state index in [2.05, 4.69) is 0 Å². The van der Waals surface area contributed by atoms with Crippen molar-refractivity contribution in [1.82, 2.24) is 4.90 Å². The Balaban J connectivity index is 0.00000180. The minimum atomic E-state index is 0. The van der Waals surface area contributed by atoms with Crippen LogP contribution >= 0.6 is 24.0 Å². The van der Waals surface area contributed by atoms with E-state index in [1.165, 1.54) is 0 Å². The SMILES string of the molecule is Cl.NC1CCCN(C(=O)C=Cc2ccc(Cl)cc2)C1. The van der Waals surface area contributed by atoms with Crippen molar-refractivity contribution in [2.24, 2.45) is 5.73 Å². The molecule has 0 spiro atoms. The van der Waals surface area contributed by atoms with Crippen molar-refractivity contribution in [3.05, 3.63) is 40.9 Å². The number of amides is 1.